The first-order valence-electron chi connectivity index (χ1n) is 8.18. The molecule has 2 aromatic carbocycles. The van der Waals surface area contributed by atoms with Gasteiger partial charge in [0.2, 0.25) is 15.9 Å². The number of carbonyl (C=O) groups is 1. The Hall–Kier alpha value is -1.83. The van der Waals surface area contributed by atoms with Crippen molar-refractivity contribution < 1.29 is 13.2 Å². The lowest BCUT2D eigenvalue weighted by molar-refractivity contribution is -0.115. The van der Waals surface area contributed by atoms with E-state index in [0.717, 1.165) is 14.8 Å². The first kappa shape index (κ1) is 20.5. The van der Waals surface area contributed by atoms with Gasteiger partial charge in [-0.3, -0.25) is 4.79 Å². The van der Waals surface area contributed by atoms with Gasteiger partial charge in [-0.1, -0.05) is 23.8 Å². The average Bonchev–Trinajstić information content (AvgIpc) is 2.57. The molecule has 0 bridgehead atoms. The lowest BCUT2D eigenvalue weighted by Gasteiger charge is -2.15. The fourth-order valence-corrected chi connectivity index (χ4v) is 4.25. The van der Waals surface area contributed by atoms with E-state index in [4.69, 9.17) is 0 Å². The second-order valence-corrected chi connectivity index (χ2v) is 9.87. The van der Waals surface area contributed by atoms with E-state index in [9.17, 15) is 13.2 Å². The van der Waals surface area contributed by atoms with Crippen molar-refractivity contribution in [1.29, 1.82) is 0 Å². The largest absolute Gasteiger partial charge is 0.325 e. The number of hydrogen-bond donors (Lipinski definition) is 1. The van der Waals surface area contributed by atoms with Crippen LogP contribution in [0, 0.1) is 13.8 Å². The zero-order valence-corrected chi connectivity index (χ0v) is 17.2. The molecular weight excluding hydrogens is 368 g/mol. The van der Waals surface area contributed by atoms with E-state index in [2.05, 4.69) is 11.4 Å². The predicted molar refractivity (Wildman–Crippen MR) is 107 cm³/mol. The minimum absolute atomic E-state index is 0.148. The van der Waals surface area contributed by atoms with Crippen LogP contribution in [-0.2, 0) is 14.8 Å². The van der Waals surface area contributed by atoms with Crippen LogP contribution in [0.4, 0.5) is 5.69 Å². The monoisotopic (exact) mass is 392 g/mol. The van der Waals surface area contributed by atoms with E-state index in [0.29, 0.717) is 5.69 Å². The van der Waals surface area contributed by atoms with Crippen molar-refractivity contribution in [3.8, 4) is 0 Å². The third-order valence-electron chi connectivity index (χ3n) is 3.88. The molecule has 7 heteroatoms. The standard InChI is InChI=1S/C19H24N2O3S2/c1-13-9-10-18(14(2)11-13)25-15(3)19(22)20-16-7-6-8-17(12-16)26(23,24)21(4)5/h6-12,15H,1-5H3,(H,20,22). The molecule has 0 saturated heterocycles. The molecule has 140 valence electrons. The van der Waals surface area contributed by atoms with Gasteiger partial charge in [0, 0.05) is 24.7 Å². The third kappa shape index (κ3) is 4.87. The number of sulfonamides is 1. The molecule has 0 heterocycles. The number of rotatable bonds is 6. The molecule has 1 amide bonds. The molecule has 1 N–H and O–H groups in total. The zero-order valence-electron chi connectivity index (χ0n) is 15.6. The first-order chi connectivity index (χ1) is 12.1. The van der Waals surface area contributed by atoms with E-state index < -0.39 is 10.0 Å². The fraction of sp³-hybridized carbons (Fsp3) is 0.316. The van der Waals surface area contributed by atoms with Crippen molar-refractivity contribution in [1.82, 2.24) is 4.31 Å². The maximum atomic E-state index is 12.5. The van der Waals surface area contributed by atoms with Crippen molar-refractivity contribution in [2.45, 2.75) is 35.8 Å². The Labute approximate surface area is 159 Å². The molecule has 0 aliphatic rings. The molecule has 1 unspecified atom stereocenters. The SMILES string of the molecule is Cc1ccc(SC(C)C(=O)Nc2cccc(S(=O)(=O)N(C)C)c2)c(C)c1. The van der Waals surface area contributed by atoms with Crippen molar-refractivity contribution >= 4 is 33.4 Å². The Balaban J connectivity index is 2.12. The summed E-state index contributed by atoms with van der Waals surface area (Å²) < 4.78 is 25.6. The van der Waals surface area contributed by atoms with Crippen LogP contribution < -0.4 is 5.32 Å². The number of benzene rings is 2. The van der Waals surface area contributed by atoms with Crippen molar-refractivity contribution in [3.63, 3.8) is 0 Å². The maximum Gasteiger partial charge on any atom is 0.242 e. The van der Waals surface area contributed by atoms with Crippen molar-refractivity contribution in [3.05, 3.63) is 53.6 Å². The molecule has 2 rings (SSSR count). The Morgan fingerprint density at radius 2 is 1.81 bits per heavy atom. The van der Waals surface area contributed by atoms with Gasteiger partial charge in [0.05, 0.1) is 10.1 Å². The zero-order chi connectivity index (χ0) is 19.5. The van der Waals surface area contributed by atoms with Crippen LogP contribution in [0.25, 0.3) is 0 Å². The van der Waals surface area contributed by atoms with E-state index in [1.165, 1.54) is 43.6 Å². The quantitative estimate of drug-likeness (QED) is 0.762. The van der Waals surface area contributed by atoms with Crippen LogP contribution in [0.1, 0.15) is 18.1 Å². The summed E-state index contributed by atoms with van der Waals surface area (Å²) in [6.45, 7) is 5.89. The summed E-state index contributed by atoms with van der Waals surface area (Å²) in [7, 11) is -0.586. The van der Waals surface area contributed by atoms with Crippen LogP contribution >= 0.6 is 11.8 Å². The minimum atomic E-state index is -3.54. The summed E-state index contributed by atoms with van der Waals surface area (Å²) in [5.41, 5.74) is 2.78. The predicted octanol–water partition coefficient (Wildman–Crippen LogP) is 3.67. The summed E-state index contributed by atoms with van der Waals surface area (Å²) >= 11 is 1.48. The number of amides is 1. The first-order valence-corrected chi connectivity index (χ1v) is 10.5. The third-order valence-corrected chi connectivity index (χ3v) is 6.97. The second kappa shape index (κ2) is 8.24. The van der Waals surface area contributed by atoms with Crippen molar-refractivity contribution in [2.24, 2.45) is 0 Å². The molecule has 5 nitrogen and oxygen atoms in total. The van der Waals surface area contributed by atoms with Gasteiger partial charge in [-0.05, 0) is 50.6 Å². The van der Waals surface area contributed by atoms with Crippen LogP contribution in [0.15, 0.2) is 52.3 Å². The van der Waals surface area contributed by atoms with Crippen LogP contribution in [-0.4, -0.2) is 38.0 Å². The van der Waals surface area contributed by atoms with Gasteiger partial charge in [-0.25, -0.2) is 12.7 Å². The molecule has 0 aromatic heterocycles. The Kier molecular flexibility index (Phi) is 6.49. The highest BCUT2D eigenvalue weighted by Crippen LogP contribution is 2.28. The summed E-state index contributed by atoms with van der Waals surface area (Å²) in [6, 6.07) is 12.4. The van der Waals surface area contributed by atoms with Gasteiger partial charge in [0.25, 0.3) is 0 Å². The van der Waals surface area contributed by atoms with Crippen LogP contribution in [0.3, 0.4) is 0 Å². The highest BCUT2D eigenvalue weighted by molar-refractivity contribution is 8.00. The highest BCUT2D eigenvalue weighted by atomic mass is 32.2. The number of carbonyl (C=O) groups excluding carboxylic acids is 1. The molecule has 26 heavy (non-hydrogen) atoms. The molecule has 2 aromatic rings. The van der Waals surface area contributed by atoms with Gasteiger partial charge in [-0.15, -0.1) is 11.8 Å². The molecule has 1 atom stereocenters. The Morgan fingerprint density at radius 3 is 2.42 bits per heavy atom. The number of anilines is 1. The Morgan fingerprint density at radius 1 is 1.12 bits per heavy atom. The molecule has 0 saturated carbocycles. The Bertz CT molecular complexity index is 909. The average molecular weight is 393 g/mol. The lowest BCUT2D eigenvalue weighted by Crippen LogP contribution is -2.24. The lowest BCUT2D eigenvalue weighted by atomic mass is 10.2. The molecule has 0 aliphatic carbocycles. The van der Waals surface area contributed by atoms with Crippen LogP contribution in [0.2, 0.25) is 0 Å². The van der Waals surface area contributed by atoms with Gasteiger partial charge in [-0.2, -0.15) is 0 Å². The molecule has 0 fully saturated rings. The molecule has 0 aliphatic heterocycles. The summed E-state index contributed by atoms with van der Waals surface area (Å²) in [6.07, 6.45) is 0. The minimum Gasteiger partial charge on any atom is -0.325 e. The number of hydrogen-bond acceptors (Lipinski definition) is 4. The van der Waals surface area contributed by atoms with Crippen molar-refractivity contribution in [2.75, 3.05) is 19.4 Å². The fourth-order valence-electron chi connectivity index (χ4n) is 2.36. The van der Waals surface area contributed by atoms with E-state index in [1.807, 2.05) is 32.9 Å². The van der Waals surface area contributed by atoms with E-state index in [-0.39, 0.29) is 16.1 Å². The van der Waals surface area contributed by atoms with Gasteiger partial charge in [0.1, 0.15) is 0 Å². The van der Waals surface area contributed by atoms with E-state index in [1.54, 1.807) is 12.1 Å². The normalized spacial score (nSPS) is 12.8. The number of nitrogens with one attached hydrogen (secondary N) is 1. The number of nitrogens with zero attached hydrogens (tertiary/aromatic N) is 1. The smallest absolute Gasteiger partial charge is 0.242 e. The van der Waals surface area contributed by atoms with Gasteiger partial charge in [0.15, 0.2) is 0 Å². The van der Waals surface area contributed by atoms with Gasteiger partial charge >= 0.3 is 0 Å². The maximum absolute atomic E-state index is 12.5. The molecule has 0 radical (unpaired) electrons. The molecule has 0 spiro atoms. The highest BCUT2D eigenvalue weighted by Gasteiger charge is 2.19. The van der Waals surface area contributed by atoms with Crippen LogP contribution in [0.5, 0.6) is 0 Å². The van der Waals surface area contributed by atoms with E-state index >= 15 is 0 Å². The summed E-state index contributed by atoms with van der Waals surface area (Å²) in [4.78, 5) is 13.7. The second-order valence-electron chi connectivity index (χ2n) is 6.33. The molecular formula is C19H24N2O3S2. The number of thioether (sulfide) groups is 1. The van der Waals surface area contributed by atoms with Gasteiger partial charge < -0.3 is 5.32 Å². The summed E-state index contributed by atoms with van der Waals surface area (Å²) in [5, 5.41) is 2.49. The number of aryl methyl sites for hydroxylation is 2. The topological polar surface area (TPSA) is 66.5 Å². The summed E-state index contributed by atoms with van der Waals surface area (Å²) in [5.74, 6) is -0.172.